The molecule has 0 unspecified atom stereocenters. The third-order valence-electron chi connectivity index (χ3n) is 2.51. The van der Waals surface area contributed by atoms with Crippen molar-refractivity contribution in [2.24, 2.45) is 0 Å². The summed E-state index contributed by atoms with van der Waals surface area (Å²) in [5.41, 5.74) is 0.985. The molecule has 2 aromatic rings. The van der Waals surface area contributed by atoms with Gasteiger partial charge in [0, 0.05) is 12.7 Å². The number of nitrogens with one attached hydrogen (secondary N) is 1. The third-order valence-corrected chi connectivity index (χ3v) is 5.04. The van der Waals surface area contributed by atoms with Gasteiger partial charge in [0.05, 0.1) is 12.7 Å². The second-order valence-electron chi connectivity index (χ2n) is 4.10. The Balaban J connectivity index is 2.04. The van der Waals surface area contributed by atoms with Gasteiger partial charge in [0.2, 0.25) is 10.0 Å². The number of aromatic carboxylic acids is 1. The number of nitrogens with zero attached hydrogens (tertiary/aromatic N) is 2. The van der Waals surface area contributed by atoms with E-state index in [1.165, 1.54) is 11.4 Å². The van der Waals surface area contributed by atoms with Gasteiger partial charge in [0.1, 0.15) is 9.77 Å². The minimum absolute atomic E-state index is 0.137. The fourth-order valence-electron chi connectivity index (χ4n) is 1.63. The standard InChI is InChI=1S/C11H13N3O4S2/c1-8-6-12-14(7-8)4-3-13-20(17,18)9-2-5-19-10(9)11(15)16/h2,5-7,13H,3-4H2,1H3,(H,15,16). The molecule has 9 heteroatoms. The number of carbonyl (C=O) groups is 1. The zero-order valence-electron chi connectivity index (χ0n) is 10.6. The number of hydrogen-bond acceptors (Lipinski definition) is 5. The first-order chi connectivity index (χ1) is 9.40. The Morgan fingerprint density at radius 3 is 2.90 bits per heavy atom. The van der Waals surface area contributed by atoms with E-state index in [4.69, 9.17) is 5.11 Å². The predicted octanol–water partition coefficient (Wildman–Crippen LogP) is 0.930. The number of sulfonamides is 1. The van der Waals surface area contributed by atoms with E-state index in [2.05, 4.69) is 9.82 Å². The van der Waals surface area contributed by atoms with E-state index < -0.39 is 16.0 Å². The molecule has 0 amide bonds. The number of aromatic nitrogens is 2. The minimum atomic E-state index is -3.82. The molecule has 0 saturated heterocycles. The average molecular weight is 315 g/mol. The Kier molecular flexibility index (Phi) is 4.21. The fourth-order valence-corrected chi connectivity index (χ4v) is 3.91. The summed E-state index contributed by atoms with van der Waals surface area (Å²) in [5, 5.41) is 14.4. The number of carboxylic acids is 1. The summed E-state index contributed by atoms with van der Waals surface area (Å²) in [6, 6.07) is 1.29. The molecular formula is C11H13N3O4S2. The van der Waals surface area contributed by atoms with Crippen molar-refractivity contribution in [1.29, 1.82) is 0 Å². The molecule has 20 heavy (non-hydrogen) atoms. The summed E-state index contributed by atoms with van der Waals surface area (Å²) in [7, 11) is -3.82. The number of hydrogen-bond donors (Lipinski definition) is 2. The molecule has 108 valence electrons. The number of thiophene rings is 1. The monoisotopic (exact) mass is 315 g/mol. The van der Waals surface area contributed by atoms with Crippen LogP contribution in [0.25, 0.3) is 0 Å². The Labute approximate surface area is 119 Å². The molecule has 0 aliphatic heterocycles. The van der Waals surface area contributed by atoms with Crippen LogP contribution < -0.4 is 4.72 Å². The van der Waals surface area contributed by atoms with Gasteiger partial charge in [-0.15, -0.1) is 11.3 Å². The number of rotatable bonds is 6. The molecular weight excluding hydrogens is 302 g/mol. The van der Waals surface area contributed by atoms with Crippen LogP contribution in [-0.2, 0) is 16.6 Å². The van der Waals surface area contributed by atoms with Crippen molar-refractivity contribution in [2.75, 3.05) is 6.54 Å². The van der Waals surface area contributed by atoms with E-state index in [0.29, 0.717) is 6.54 Å². The highest BCUT2D eigenvalue weighted by molar-refractivity contribution is 7.89. The molecule has 0 saturated carbocycles. The third kappa shape index (κ3) is 3.24. The summed E-state index contributed by atoms with van der Waals surface area (Å²) >= 11 is 0.881. The van der Waals surface area contributed by atoms with E-state index in [9.17, 15) is 13.2 Å². The molecule has 0 atom stereocenters. The summed E-state index contributed by atoms with van der Waals surface area (Å²) in [6.45, 7) is 2.40. The lowest BCUT2D eigenvalue weighted by atomic mass is 10.4. The Bertz CT molecular complexity index is 718. The quantitative estimate of drug-likeness (QED) is 0.826. The van der Waals surface area contributed by atoms with E-state index >= 15 is 0 Å². The average Bonchev–Trinajstić information content (AvgIpc) is 2.97. The van der Waals surface area contributed by atoms with Crippen molar-refractivity contribution in [1.82, 2.24) is 14.5 Å². The Morgan fingerprint density at radius 1 is 1.55 bits per heavy atom. The van der Waals surface area contributed by atoms with Crippen molar-refractivity contribution in [3.8, 4) is 0 Å². The zero-order chi connectivity index (χ0) is 14.8. The zero-order valence-corrected chi connectivity index (χ0v) is 12.2. The van der Waals surface area contributed by atoms with Gasteiger partial charge < -0.3 is 5.11 Å². The lowest BCUT2D eigenvalue weighted by molar-refractivity contribution is 0.0698. The number of carboxylic acid groups (broad SMARTS) is 1. The van der Waals surface area contributed by atoms with Gasteiger partial charge >= 0.3 is 5.97 Å². The van der Waals surface area contributed by atoms with Gasteiger partial charge in [-0.1, -0.05) is 0 Å². The van der Waals surface area contributed by atoms with E-state index in [1.54, 1.807) is 17.1 Å². The normalized spacial score (nSPS) is 11.7. The van der Waals surface area contributed by atoms with Gasteiger partial charge in [-0.3, -0.25) is 4.68 Å². The van der Waals surface area contributed by atoms with Crippen LogP contribution in [0, 0.1) is 6.92 Å². The minimum Gasteiger partial charge on any atom is -0.477 e. The first-order valence-electron chi connectivity index (χ1n) is 5.69. The van der Waals surface area contributed by atoms with Crippen LogP contribution in [0.5, 0.6) is 0 Å². The maximum absolute atomic E-state index is 12.0. The van der Waals surface area contributed by atoms with Gasteiger partial charge in [0.25, 0.3) is 0 Å². The SMILES string of the molecule is Cc1cnn(CCNS(=O)(=O)c2ccsc2C(=O)O)c1. The largest absolute Gasteiger partial charge is 0.477 e. The smallest absolute Gasteiger partial charge is 0.347 e. The fraction of sp³-hybridized carbons (Fsp3) is 0.273. The molecule has 0 aliphatic rings. The van der Waals surface area contributed by atoms with Crippen LogP contribution in [0.4, 0.5) is 0 Å². The molecule has 0 spiro atoms. The molecule has 2 N–H and O–H groups in total. The molecule has 0 bridgehead atoms. The molecule has 0 aromatic carbocycles. The number of aryl methyl sites for hydroxylation is 1. The Hall–Kier alpha value is -1.71. The maximum Gasteiger partial charge on any atom is 0.347 e. The molecule has 7 nitrogen and oxygen atoms in total. The van der Waals surface area contributed by atoms with Gasteiger partial charge in [0.15, 0.2) is 0 Å². The van der Waals surface area contributed by atoms with Gasteiger partial charge in [-0.25, -0.2) is 17.9 Å². The van der Waals surface area contributed by atoms with Crippen LogP contribution >= 0.6 is 11.3 Å². The van der Waals surface area contributed by atoms with Crippen LogP contribution in [0.2, 0.25) is 0 Å². The van der Waals surface area contributed by atoms with E-state index in [-0.39, 0.29) is 16.3 Å². The summed E-state index contributed by atoms with van der Waals surface area (Å²) < 4.78 is 28.0. The highest BCUT2D eigenvalue weighted by Gasteiger charge is 2.23. The first-order valence-corrected chi connectivity index (χ1v) is 8.06. The molecule has 0 fully saturated rings. The lowest BCUT2D eigenvalue weighted by Crippen LogP contribution is -2.28. The van der Waals surface area contributed by atoms with Crippen molar-refractivity contribution >= 4 is 27.3 Å². The van der Waals surface area contributed by atoms with Crippen LogP contribution in [0.1, 0.15) is 15.2 Å². The second-order valence-corrected chi connectivity index (χ2v) is 6.75. The highest BCUT2D eigenvalue weighted by atomic mass is 32.2. The van der Waals surface area contributed by atoms with Gasteiger partial charge in [-0.2, -0.15) is 5.10 Å². The predicted molar refractivity (Wildman–Crippen MR) is 73.4 cm³/mol. The van der Waals surface area contributed by atoms with Crippen molar-refractivity contribution in [2.45, 2.75) is 18.4 Å². The highest BCUT2D eigenvalue weighted by Crippen LogP contribution is 2.21. The molecule has 0 aliphatic carbocycles. The first kappa shape index (κ1) is 14.7. The molecule has 0 radical (unpaired) electrons. The molecule has 2 rings (SSSR count). The molecule has 2 aromatic heterocycles. The van der Waals surface area contributed by atoms with Crippen LogP contribution in [0.15, 0.2) is 28.7 Å². The van der Waals surface area contributed by atoms with E-state index in [0.717, 1.165) is 16.9 Å². The lowest BCUT2D eigenvalue weighted by Gasteiger charge is -2.06. The summed E-state index contributed by atoms with van der Waals surface area (Å²) in [6.07, 6.45) is 3.47. The molecule has 2 heterocycles. The maximum atomic E-state index is 12.0. The topological polar surface area (TPSA) is 101 Å². The van der Waals surface area contributed by atoms with Gasteiger partial charge in [-0.05, 0) is 23.9 Å². The van der Waals surface area contributed by atoms with E-state index in [1.807, 2.05) is 6.92 Å². The second kappa shape index (κ2) is 5.73. The summed E-state index contributed by atoms with van der Waals surface area (Å²) in [5.74, 6) is -1.25. The summed E-state index contributed by atoms with van der Waals surface area (Å²) in [4.78, 5) is 10.5. The van der Waals surface area contributed by atoms with Crippen molar-refractivity contribution < 1.29 is 18.3 Å². The van der Waals surface area contributed by atoms with Crippen molar-refractivity contribution in [3.63, 3.8) is 0 Å². The Morgan fingerprint density at radius 2 is 2.30 bits per heavy atom. The van der Waals surface area contributed by atoms with Crippen LogP contribution in [0.3, 0.4) is 0 Å². The van der Waals surface area contributed by atoms with Crippen molar-refractivity contribution in [3.05, 3.63) is 34.3 Å². The van der Waals surface area contributed by atoms with Crippen LogP contribution in [-0.4, -0.2) is 35.8 Å².